The topological polar surface area (TPSA) is 60.2 Å². The van der Waals surface area contributed by atoms with Crippen LogP contribution < -0.4 is 0 Å². The minimum absolute atomic E-state index is 0.236. The summed E-state index contributed by atoms with van der Waals surface area (Å²) < 4.78 is 6.92. The van der Waals surface area contributed by atoms with Crippen LogP contribution in [0.4, 0.5) is 0 Å². The lowest BCUT2D eigenvalue weighted by Gasteiger charge is -2.13. The highest BCUT2D eigenvalue weighted by Gasteiger charge is 2.13. The molecular formula is C18H22N4O2. The van der Waals surface area contributed by atoms with Crippen LogP contribution in [0.2, 0.25) is 0 Å². The van der Waals surface area contributed by atoms with Crippen molar-refractivity contribution in [1.82, 2.24) is 19.7 Å². The quantitative estimate of drug-likeness (QED) is 0.601. The van der Waals surface area contributed by atoms with E-state index >= 15 is 0 Å². The summed E-state index contributed by atoms with van der Waals surface area (Å²) >= 11 is 0. The number of esters is 1. The van der Waals surface area contributed by atoms with Crippen LogP contribution in [0.1, 0.15) is 31.3 Å². The van der Waals surface area contributed by atoms with Crippen molar-refractivity contribution in [1.29, 1.82) is 0 Å². The van der Waals surface area contributed by atoms with Gasteiger partial charge in [0, 0.05) is 12.4 Å². The van der Waals surface area contributed by atoms with Crippen molar-refractivity contribution in [2.75, 3.05) is 19.6 Å². The number of aromatic nitrogens is 3. The minimum atomic E-state index is -0.492. The molecule has 0 aliphatic heterocycles. The molecular weight excluding hydrogens is 304 g/mol. The molecule has 1 atom stereocenters. The maximum Gasteiger partial charge on any atom is 0.358 e. The van der Waals surface area contributed by atoms with Crippen LogP contribution in [-0.2, 0) is 4.74 Å². The highest BCUT2D eigenvalue weighted by atomic mass is 16.5. The Bertz CT molecular complexity index is 712. The fourth-order valence-corrected chi connectivity index (χ4v) is 2.07. The van der Waals surface area contributed by atoms with Crippen LogP contribution in [0.3, 0.4) is 0 Å². The van der Waals surface area contributed by atoms with Crippen LogP contribution >= 0.6 is 0 Å². The van der Waals surface area contributed by atoms with Gasteiger partial charge in [-0.1, -0.05) is 31.8 Å². The summed E-state index contributed by atoms with van der Waals surface area (Å²) in [6.07, 6.45) is 2.93. The molecule has 0 spiro atoms. The van der Waals surface area contributed by atoms with Gasteiger partial charge in [0.2, 0.25) is 0 Å². The normalized spacial score (nSPS) is 11.7. The monoisotopic (exact) mass is 326 g/mol. The van der Waals surface area contributed by atoms with Gasteiger partial charge in [-0.3, -0.25) is 4.90 Å². The SMILES string of the molecule is CCN(CC)CC#C[C@H](C)OC(=O)c1cccc(-n2cccn2)n1. The van der Waals surface area contributed by atoms with Crippen molar-refractivity contribution >= 4 is 5.97 Å². The zero-order chi connectivity index (χ0) is 17.4. The number of rotatable bonds is 6. The first kappa shape index (κ1) is 17.7. The van der Waals surface area contributed by atoms with Gasteiger partial charge in [-0.25, -0.2) is 14.5 Å². The number of nitrogens with zero attached hydrogens (tertiary/aromatic N) is 4. The van der Waals surface area contributed by atoms with E-state index in [9.17, 15) is 4.79 Å². The second kappa shape index (κ2) is 8.85. The molecule has 2 aromatic rings. The van der Waals surface area contributed by atoms with Crippen molar-refractivity contribution in [3.8, 4) is 17.7 Å². The zero-order valence-corrected chi connectivity index (χ0v) is 14.3. The molecule has 0 saturated heterocycles. The Hall–Kier alpha value is -2.65. The van der Waals surface area contributed by atoms with Crippen LogP contribution in [0.15, 0.2) is 36.7 Å². The maximum absolute atomic E-state index is 12.2. The van der Waals surface area contributed by atoms with E-state index in [4.69, 9.17) is 4.74 Å². The third-order valence-corrected chi connectivity index (χ3v) is 3.47. The second-order valence-electron chi connectivity index (χ2n) is 5.16. The fraction of sp³-hybridized carbons (Fsp3) is 0.389. The van der Waals surface area contributed by atoms with Gasteiger partial charge in [-0.05, 0) is 38.2 Å². The molecule has 6 nitrogen and oxygen atoms in total. The highest BCUT2D eigenvalue weighted by Crippen LogP contribution is 2.06. The van der Waals surface area contributed by atoms with E-state index in [1.54, 1.807) is 48.3 Å². The number of hydrogen-bond acceptors (Lipinski definition) is 5. The average Bonchev–Trinajstić information content (AvgIpc) is 3.13. The number of carbonyl (C=O) groups is 1. The number of carbonyl (C=O) groups excluding carboxylic acids is 1. The molecule has 0 radical (unpaired) electrons. The summed E-state index contributed by atoms with van der Waals surface area (Å²) in [6, 6.07) is 6.93. The van der Waals surface area contributed by atoms with Crippen molar-refractivity contribution < 1.29 is 9.53 Å². The molecule has 0 unspecified atom stereocenters. The Balaban J connectivity index is 1.97. The van der Waals surface area contributed by atoms with Crippen LogP contribution in [-0.4, -0.2) is 51.4 Å². The molecule has 6 heteroatoms. The largest absolute Gasteiger partial charge is 0.445 e. The molecule has 0 aliphatic rings. The van der Waals surface area contributed by atoms with Gasteiger partial charge in [0.1, 0.15) is 0 Å². The first-order valence-corrected chi connectivity index (χ1v) is 8.02. The van der Waals surface area contributed by atoms with Gasteiger partial charge < -0.3 is 4.74 Å². The highest BCUT2D eigenvalue weighted by molar-refractivity contribution is 5.87. The van der Waals surface area contributed by atoms with E-state index in [1.165, 1.54) is 0 Å². The molecule has 0 aliphatic carbocycles. The number of ether oxygens (including phenoxy) is 1. The van der Waals surface area contributed by atoms with Crippen molar-refractivity contribution in [3.63, 3.8) is 0 Å². The summed E-state index contributed by atoms with van der Waals surface area (Å²) in [5, 5.41) is 4.10. The Labute approximate surface area is 142 Å². The third kappa shape index (κ3) is 4.93. The summed E-state index contributed by atoms with van der Waals surface area (Å²) in [7, 11) is 0. The Kier molecular flexibility index (Phi) is 6.52. The molecule has 2 aromatic heterocycles. The molecule has 0 fully saturated rings. The smallest absolute Gasteiger partial charge is 0.358 e. The molecule has 24 heavy (non-hydrogen) atoms. The zero-order valence-electron chi connectivity index (χ0n) is 14.3. The van der Waals surface area contributed by atoms with E-state index in [0.717, 1.165) is 13.1 Å². The molecule has 2 heterocycles. The van der Waals surface area contributed by atoms with Gasteiger partial charge in [0.25, 0.3) is 0 Å². The summed E-state index contributed by atoms with van der Waals surface area (Å²) in [6.45, 7) is 8.50. The second-order valence-corrected chi connectivity index (χ2v) is 5.16. The van der Waals surface area contributed by atoms with Crippen molar-refractivity contribution in [3.05, 3.63) is 42.4 Å². The minimum Gasteiger partial charge on any atom is -0.445 e. The summed E-state index contributed by atoms with van der Waals surface area (Å²) in [4.78, 5) is 18.7. The third-order valence-electron chi connectivity index (χ3n) is 3.47. The molecule has 126 valence electrons. The Morgan fingerprint density at radius 3 is 2.79 bits per heavy atom. The van der Waals surface area contributed by atoms with E-state index in [1.807, 2.05) is 0 Å². The molecule has 0 aromatic carbocycles. The standard InChI is InChI=1S/C18H22N4O2/c1-4-21(5-2)13-7-9-15(3)24-18(23)16-10-6-11-17(20-16)22-14-8-12-19-22/h6,8,10-12,14-15H,4-5,13H2,1-3H3/t15-/m0/s1. The van der Waals surface area contributed by atoms with E-state index in [0.29, 0.717) is 12.4 Å². The van der Waals surface area contributed by atoms with Crippen LogP contribution in [0, 0.1) is 11.8 Å². The predicted molar refractivity (Wildman–Crippen MR) is 91.8 cm³/mol. The van der Waals surface area contributed by atoms with Gasteiger partial charge >= 0.3 is 5.97 Å². The molecule has 0 amide bonds. The number of pyridine rings is 1. The lowest BCUT2D eigenvalue weighted by molar-refractivity contribution is 0.0431. The van der Waals surface area contributed by atoms with Crippen LogP contribution in [0.5, 0.6) is 0 Å². The van der Waals surface area contributed by atoms with Crippen molar-refractivity contribution in [2.24, 2.45) is 0 Å². The lowest BCUT2D eigenvalue weighted by Crippen LogP contribution is -2.23. The van der Waals surface area contributed by atoms with Gasteiger partial charge in [-0.2, -0.15) is 5.10 Å². The van der Waals surface area contributed by atoms with Gasteiger partial charge in [0.05, 0.1) is 6.54 Å². The molecule has 0 bridgehead atoms. The molecule has 2 rings (SSSR count). The van der Waals surface area contributed by atoms with E-state index in [-0.39, 0.29) is 5.69 Å². The predicted octanol–water partition coefficient (Wildman–Crippen LogP) is 2.16. The van der Waals surface area contributed by atoms with E-state index in [2.05, 4.69) is 40.7 Å². The average molecular weight is 326 g/mol. The fourth-order valence-electron chi connectivity index (χ4n) is 2.07. The van der Waals surface area contributed by atoms with Crippen LogP contribution in [0.25, 0.3) is 5.82 Å². The molecule has 0 N–H and O–H groups in total. The number of hydrogen-bond donors (Lipinski definition) is 0. The van der Waals surface area contributed by atoms with Gasteiger partial charge in [-0.15, -0.1) is 0 Å². The van der Waals surface area contributed by atoms with Crippen molar-refractivity contribution in [2.45, 2.75) is 26.9 Å². The van der Waals surface area contributed by atoms with E-state index < -0.39 is 12.1 Å². The Morgan fingerprint density at radius 2 is 2.12 bits per heavy atom. The first-order chi connectivity index (χ1) is 11.6. The summed E-state index contributed by atoms with van der Waals surface area (Å²) in [5.41, 5.74) is 0.236. The van der Waals surface area contributed by atoms with Gasteiger partial charge in [0.15, 0.2) is 17.6 Å². The molecule has 0 saturated carbocycles. The lowest BCUT2D eigenvalue weighted by atomic mass is 10.3. The first-order valence-electron chi connectivity index (χ1n) is 8.02. The Morgan fingerprint density at radius 1 is 1.33 bits per heavy atom. The summed E-state index contributed by atoms with van der Waals surface area (Å²) in [5.74, 6) is 6.06. The maximum atomic E-state index is 12.2.